The largest absolute Gasteiger partial charge is 0.466 e. The van der Waals surface area contributed by atoms with E-state index in [1.165, 1.54) is 6.20 Å². The summed E-state index contributed by atoms with van der Waals surface area (Å²) >= 11 is 0. The van der Waals surface area contributed by atoms with Crippen LogP contribution >= 0.6 is 0 Å². The number of aromatic amines is 1. The van der Waals surface area contributed by atoms with Crippen LogP contribution in [0.3, 0.4) is 0 Å². The summed E-state index contributed by atoms with van der Waals surface area (Å²) in [5.74, 6) is 0.906. The Bertz CT molecular complexity index is 843. The van der Waals surface area contributed by atoms with Gasteiger partial charge in [0.15, 0.2) is 5.65 Å². The zero-order valence-electron chi connectivity index (χ0n) is 14.7. The molecule has 0 unspecified atom stereocenters. The Hall–Kier alpha value is -2.44. The molecule has 7 heteroatoms. The molecule has 0 bridgehead atoms. The van der Waals surface area contributed by atoms with Crippen LogP contribution in [0.1, 0.15) is 41.0 Å². The minimum atomic E-state index is -0.152. The van der Waals surface area contributed by atoms with Crippen molar-refractivity contribution in [3.8, 4) is 0 Å². The number of fused-ring (bicyclic) bond motifs is 1. The maximum atomic E-state index is 11.8. The fourth-order valence-electron chi connectivity index (χ4n) is 4.02. The van der Waals surface area contributed by atoms with E-state index in [-0.39, 0.29) is 24.7 Å². The molecule has 2 aromatic heterocycles. The second-order valence-corrected chi connectivity index (χ2v) is 6.70. The third-order valence-electron chi connectivity index (χ3n) is 5.17. The van der Waals surface area contributed by atoms with Gasteiger partial charge < -0.3 is 9.72 Å². The lowest BCUT2D eigenvalue weighted by Crippen LogP contribution is -2.33. The van der Waals surface area contributed by atoms with E-state index in [2.05, 4.69) is 16.9 Å². The van der Waals surface area contributed by atoms with Crippen molar-refractivity contribution >= 4 is 23.0 Å². The molecule has 1 fully saturated rings. The number of nitrogens with zero attached hydrogens (tertiary/aromatic N) is 2. The van der Waals surface area contributed by atoms with E-state index in [0.717, 1.165) is 24.8 Å². The average molecular weight is 345 g/mol. The van der Waals surface area contributed by atoms with E-state index in [0.29, 0.717) is 30.4 Å². The molecule has 1 aliphatic rings. The van der Waals surface area contributed by atoms with Crippen LogP contribution in [0.5, 0.6) is 0 Å². The standard InChI is InChI=1S/C18H25N5O2.H2/c1-3-12-7-11(9-16(24)25-4-2)8-13(12)17(20)23-14-5-6-21-18(14)22-10-15(23)19;/h5-6,10-13,19-21H,3-4,7-9H2,1-2H3;1H/t11-,12+,13-;/m0./s1. The van der Waals surface area contributed by atoms with Crippen LogP contribution in [0, 0.1) is 28.6 Å². The molecule has 0 saturated heterocycles. The van der Waals surface area contributed by atoms with Crippen molar-refractivity contribution in [2.45, 2.75) is 39.5 Å². The van der Waals surface area contributed by atoms with E-state index < -0.39 is 0 Å². The highest BCUT2D eigenvalue weighted by molar-refractivity contribution is 5.91. The molecule has 0 aromatic carbocycles. The number of carbonyl (C=O) groups excluding carboxylic acids is 1. The van der Waals surface area contributed by atoms with E-state index in [1.807, 2.05) is 13.0 Å². The maximum Gasteiger partial charge on any atom is 0.306 e. The van der Waals surface area contributed by atoms with Crippen LogP contribution in [0.15, 0.2) is 18.5 Å². The Balaban J connectivity index is 0.00000243. The van der Waals surface area contributed by atoms with Crippen LogP contribution in [0.25, 0.3) is 11.2 Å². The second kappa shape index (κ2) is 7.21. The Morgan fingerprint density at radius 3 is 3.00 bits per heavy atom. The van der Waals surface area contributed by atoms with Crippen LogP contribution in [0.4, 0.5) is 0 Å². The summed E-state index contributed by atoms with van der Waals surface area (Å²) in [5.41, 5.74) is 1.64. The highest BCUT2D eigenvalue weighted by Crippen LogP contribution is 2.41. The van der Waals surface area contributed by atoms with Gasteiger partial charge in [0.05, 0.1) is 18.3 Å². The molecule has 3 N–H and O–H groups in total. The van der Waals surface area contributed by atoms with Gasteiger partial charge in [0, 0.05) is 20.0 Å². The number of esters is 1. The van der Waals surface area contributed by atoms with Gasteiger partial charge in [-0.1, -0.05) is 13.3 Å². The molecule has 0 radical (unpaired) electrons. The van der Waals surface area contributed by atoms with Gasteiger partial charge in [-0.3, -0.25) is 20.2 Å². The molecule has 3 rings (SSSR count). The van der Waals surface area contributed by atoms with Crippen molar-refractivity contribution in [3.63, 3.8) is 0 Å². The van der Waals surface area contributed by atoms with E-state index >= 15 is 0 Å². The number of carbonyl (C=O) groups is 1. The molecule has 0 aliphatic heterocycles. The Morgan fingerprint density at radius 2 is 2.28 bits per heavy atom. The molecule has 0 amide bonds. The number of hydrogen-bond donors (Lipinski definition) is 3. The van der Waals surface area contributed by atoms with Gasteiger partial charge in [0.2, 0.25) is 0 Å². The molecule has 136 valence electrons. The SMILES string of the molecule is CCOC(=O)C[C@H]1C[C@@H](CC)[C@@H](C(=N)n2c(=N)cnc3[nH]ccc32)C1.[HH]. The van der Waals surface area contributed by atoms with Gasteiger partial charge in [0.25, 0.3) is 0 Å². The molecule has 1 aliphatic carbocycles. The molecule has 3 atom stereocenters. The predicted octanol–water partition coefficient (Wildman–Crippen LogP) is 2.92. The third kappa shape index (κ3) is 3.36. The maximum absolute atomic E-state index is 11.8. The van der Waals surface area contributed by atoms with Gasteiger partial charge in [-0.05, 0) is 37.7 Å². The fourth-order valence-corrected chi connectivity index (χ4v) is 4.02. The molecule has 0 spiro atoms. The van der Waals surface area contributed by atoms with Crippen LogP contribution in [-0.2, 0) is 9.53 Å². The topological polar surface area (TPSA) is 108 Å². The summed E-state index contributed by atoms with van der Waals surface area (Å²) < 4.78 is 6.74. The number of rotatable bonds is 5. The summed E-state index contributed by atoms with van der Waals surface area (Å²) in [5, 5.41) is 17.0. The predicted molar refractivity (Wildman–Crippen MR) is 96.4 cm³/mol. The molecule has 25 heavy (non-hydrogen) atoms. The Kier molecular flexibility index (Phi) is 5.01. The molecule has 2 heterocycles. The number of H-pyrrole nitrogens is 1. The van der Waals surface area contributed by atoms with E-state index in [9.17, 15) is 4.79 Å². The zero-order valence-corrected chi connectivity index (χ0v) is 14.7. The Morgan fingerprint density at radius 1 is 1.48 bits per heavy atom. The van der Waals surface area contributed by atoms with E-state index in [1.54, 1.807) is 10.8 Å². The summed E-state index contributed by atoms with van der Waals surface area (Å²) in [6.07, 6.45) is 6.34. The van der Waals surface area contributed by atoms with Crippen molar-refractivity contribution in [1.29, 1.82) is 10.8 Å². The number of aromatic nitrogens is 3. The summed E-state index contributed by atoms with van der Waals surface area (Å²) in [7, 11) is 0. The molecule has 7 nitrogen and oxygen atoms in total. The lowest BCUT2D eigenvalue weighted by atomic mass is 9.92. The van der Waals surface area contributed by atoms with Gasteiger partial charge >= 0.3 is 5.97 Å². The summed E-state index contributed by atoms with van der Waals surface area (Å²) in [4.78, 5) is 19.0. The van der Waals surface area contributed by atoms with Gasteiger partial charge in [-0.2, -0.15) is 0 Å². The van der Waals surface area contributed by atoms with Gasteiger partial charge in [-0.15, -0.1) is 0 Å². The van der Waals surface area contributed by atoms with Crippen LogP contribution < -0.4 is 5.49 Å². The summed E-state index contributed by atoms with van der Waals surface area (Å²) in [6.45, 7) is 4.35. The first-order valence-electron chi connectivity index (χ1n) is 8.89. The molecule has 1 saturated carbocycles. The average Bonchev–Trinajstić information content (AvgIpc) is 3.20. The fraction of sp³-hybridized carbons (Fsp3) is 0.556. The smallest absolute Gasteiger partial charge is 0.306 e. The van der Waals surface area contributed by atoms with E-state index in [4.69, 9.17) is 15.6 Å². The van der Waals surface area contributed by atoms with Crippen molar-refractivity contribution in [3.05, 3.63) is 23.9 Å². The van der Waals surface area contributed by atoms with Crippen molar-refractivity contribution in [2.75, 3.05) is 6.61 Å². The first-order chi connectivity index (χ1) is 12.0. The molecular weight excluding hydrogens is 318 g/mol. The highest BCUT2D eigenvalue weighted by Gasteiger charge is 2.37. The lowest BCUT2D eigenvalue weighted by Gasteiger charge is -2.21. The molecular formula is C18H27N5O2. The molecule has 2 aromatic rings. The summed E-state index contributed by atoms with van der Waals surface area (Å²) in [6, 6.07) is 1.85. The van der Waals surface area contributed by atoms with Crippen molar-refractivity contribution in [1.82, 2.24) is 14.5 Å². The first-order valence-corrected chi connectivity index (χ1v) is 8.89. The zero-order chi connectivity index (χ0) is 18.0. The Labute approximate surface area is 147 Å². The minimum Gasteiger partial charge on any atom is -0.466 e. The monoisotopic (exact) mass is 345 g/mol. The number of nitrogens with one attached hydrogen (secondary N) is 3. The van der Waals surface area contributed by atoms with Gasteiger partial charge in [0.1, 0.15) is 11.3 Å². The van der Waals surface area contributed by atoms with Crippen molar-refractivity contribution < 1.29 is 11.0 Å². The third-order valence-corrected chi connectivity index (χ3v) is 5.17. The first kappa shape index (κ1) is 17.4. The highest BCUT2D eigenvalue weighted by atomic mass is 16.5. The quantitative estimate of drug-likeness (QED) is 0.440. The van der Waals surface area contributed by atoms with Crippen molar-refractivity contribution in [2.24, 2.45) is 17.8 Å². The second-order valence-electron chi connectivity index (χ2n) is 6.70. The normalized spacial score (nSPS) is 23.0. The number of hydrogen-bond acceptors (Lipinski definition) is 5. The van der Waals surface area contributed by atoms with Crippen LogP contribution in [0.2, 0.25) is 0 Å². The van der Waals surface area contributed by atoms with Gasteiger partial charge in [-0.25, -0.2) is 4.98 Å². The van der Waals surface area contributed by atoms with Crippen LogP contribution in [-0.4, -0.2) is 32.9 Å². The number of ether oxygens (including phenoxy) is 1. The minimum absolute atomic E-state index is 0. The lowest BCUT2D eigenvalue weighted by molar-refractivity contribution is -0.144.